The predicted octanol–water partition coefficient (Wildman–Crippen LogP) is 4.30. The molecule has 2 fully saturated rings. The van der Waals surface area contributed by atoms with Crippen LogP contribution < -0.4 is 10.6 Å². The van der Waals surface area contributed by atoms with Crippen molar-refractivity contribution in [3.05, 3.63) is 54.2 Å². The number of carbonyl (C=O) groups is 2. The van der Waals surface area contributed by atoms with Crippen molar-refractivity contribution in [2.75, 3.05) is 32.7 Å². The summed E-state index contributed by atoms with van der Waals surface area (Å²) in [5, 5.41) is 6.45. The van der Waals surface area contributed by atoms with Gasteiger partial charge in [0.2, 0.25) is 11.8 Å². The van der Waals surface area contributed by atoms with Crippen molar-refractivity contribution >= 4 is 36.6 Å². The number of fused-ring (bicyclic) bond motifs is 2. The number of pyridine rings is 1. The molecule has 2 saturated heterocycles. The fourth-order valence-corrected chi connectivity index (χ4v) is 5.23. The number of amides is 2. The lowest BCUT2D eigenvalue weighted by Crippen LogP contribution is -2.44. The monoisotopic (exact) mass is 563 g/mol. The summed E-state index contributed by atoms with van der Waals surface area (Å²) in [4.78, 5) is 34.7. The average molecular weight is 565 g/mol. The number of benzene rings is 1. The lowest BCUT2D eigenvalue weighted by Gasteiger charge is -2.31. The molecule has 0 radical (unpaired) electrons. The van der Waals surface area contributed by atoms with Gasteiger partial charge < -0.3 is 15.5 Å². The van der Waals surface area contributed by atoms with Crippen molar-refractivity contribution in [2.45, 2.75) is 64.6 Å². The molecule has 0 aliphatic carbocycles. The summed E-state index contributed by atoms with van der Waals surface area (Å²) in [5.41, 5.74) is 3.39. The quantitative estimate of drug-likeness (QED) is 0.567. The Balaban J connectivity index is 0.00000253. The molecule has 38 heavy (non-hydrogen) atoms. The number of nitrogens with zero attached hydrogens (tertiary/aromatic N) is 3. The molecule has 9 heteroatoms. The molecular formula is C29H43Cl2N5O2. The smallest absolute Gasteiger partial charge is 0.237 e. The summed E-state index contributed by atoms with van der Waals surface area (Å²) in [6.45, 7) is 9.10. The average Bonchev–Trinajstić information content (AvgIpc) is 3.36. The Morgan fingerprint density at radius 1 is 1.03 bits per heavy atom. The zero-order valence-electron chi connectivity index (χ0n) is 22.6. The van der Waals surface area contributed by atoms with Crippen LogP contribution in [0.4, 0.5) is 0 Å². The van der Waals surface area contributed by atoms with Crippen molar-refractivity contribution in [3.8, 4) is 11.3 Å². The van der Waals surface area contributed by atoms with Crippen molar-refractivity contribution in [1.82, 2.24) is 25.4 Å². The van der Waals surface area contributed by atoms with Crippen LogP contribution >= 0.6 is 24.8 Å². The maximum Gasteiger partial charge on any atom is 0.237 e. The molecular weight excluding hydrogens is 521 g/mol. The zero-order chi connectivity index (χ0) is 25.3. The number of carbonyl (C=O) groups excluding carboxylic acids is 2. The number of rotatable bonds is 5. The molecule has 0 saturated carbocycles. The van der Waals surface area contributed by atoms with Crippen LogP contribution in [0.2, 0.25) is 0 Å². The molecule has 2 aromatic rings. The highest BCUT2D eigenvalue weighted by atomic mass is 35.5. The van der Waals surface area contributed by atoms with Crippen LogP contribution in [-0.4, -0.2) is 71.4 Å². The van der Waals surface area contributed by atoms with E-state index in [-0.39, 0.29) is 48.7 Å². The van der Waals surface area contributed by atoms with Gasteiger partial charge in [-0.3, -0.25) is 19.5 Å². The molecule has 2 atom stereocenters. The standard InChI is InChI=1S/C29H41N5O2.2ClH/c1-22(2)18-28(35)34-17-7-16-33(15-6-5-14-31-29(36)27-19-25(34)20-32-27)21-23-9-11-24(12-10-23)26-8-3-4-13-30-26;;/h3-4,8-13,22,25,27,32H,5-7,14-21H2,1-2H3,(H,31,36);2*1H/t25-,27-;;/m0../s1. The summed E-state index contributed by atoms with van der Waals surface area (Å²) in [7, 11) is 0. The maximum absolute atomic E-state index is 13.1. The lowest BCUT2D eigenvalue weighted by atomic mass is 10.1. The van der Waals surface area contributed by atoms with E-state index in [4.69, 9.17) is 0 Å². The minimum absolute atomic E-state index is 0. The molecule has 4 rings (SSSR count). The third-order valence-corrected chi connectivity index (χ3v) is 7.16. The largest absolute Gasteiger partial charge is 0.355 e. The first-order chi connectivity index (χ1) is 17.5. The second kappa shape index (κ2) is 16.0. The molecule has 0 unspecified atom stereocenters. The van der Waals surface area contributed by atoms with E-state index in [0.29, 0.717) is 31.8 Å². The highest BCUT2D eigenvalue weighted by Gasteiger charge is 2.34. The van der Waals surface area contributed by atoms with Crippen molar-refractivity contribution in [1.29, 1.82) is 0 Å². The molecule has 2 bridgehead atoms. The topological polar surface area (TPSA) is 77.6 Å². The van der Waals surface area contributed by atoms with E-state index in [2.05, 4.69) is 58.6 Å². The molecule has 0 spiro atoms. The van der Waals surface area contributed by atoms with Gasteiger partial charge in [0.15, 0.2) is 0 Å². The van der Waals surface area contributed by atoms with Crippen LogP contribution in [0.3, 0.4) is 0 Å². The Morgan fingerprint density at radius 2 is 1.79 bits per heavy atom. The van der Waals surface area contributed by atoms with E-state index >= 15 is 0 Å². The number of halogens is 2. The molecule has 2 aliphatic heterocycles. The lowest BCUT2D eigenvalue weighted by molar-refractivity contribution is -0.134. The molecule has 7 nitrogen and oxygen atoms in total. The van der Waals surface area contributed by atoms with Crippen LogP contribution in [0, 0.1) is 5.92 Å². The number of hydrogen-bond donors (Lipinski definition) is 2. The third-order valence-electron chi connectivity index (χ3n) is 7.16. The Morgan fingerprint density at radius 3 is 2.50 bits per heavy atom. The first kappa shape index (κ1) is 32.0. The van der Waals surface area contributed by atoms with E-state index in [1.807, 2.05) is 29.3 Å². The van der Waals surface area contributed by atoms with Gasteiger partial charge in [-0.1, -0.05) is 44.2 Å². The van der Waals surface area contributed by atoms with E-state index in [0.717, 1.165) is 56.7 Å². The molecule has 2 N–H and O–H groups in total. The third kappa shape index (κ3) is 9.23. The van der Waals surface area contributed by atoms with E-state index in [1.54, 1.807) is 0 Å². The van der Waals surface area contributed by atoms with Crippen LogP contribution in [0.15, 0.2) is 48.7 Å². The van der Waals surface area contributed by atoms with Gasteiger partial charge in [0, 0.05) is 56.9 Å². The van der Waals surface area contributed by atoms with Gasteiger partial charge in [-0.25, -0.2) is 0 Å². The van der Waals surface area contributed by atoms with Gasteiger partial charge >= 0.3 is 0 Å². The second-order valence-electron chi connectivity index (χ2n) is 10.6. The Labute approximate surface area is 240 Å². The fourth-order valence-electron chi connectivity index (χ4n) is 5.23. The molecule has 2 aliphatic rings. The summed E-state index contributed by atoms with van der Waals surface area (Å²) in [6, 6.07) is 14.5. The SMILES string of the molecule is CC(C)CC(=O)N1CCCN(Cc2ccc(-c3ccccn3)cc2)CCCCNC(=O)[C@@H]2C[C@H]1CN2.Cl.Cl. The minimum Gasteiger partial charge on any atom is -0.355 e. The van der Waals surface area contributed by atoms with Crippen molar-refractivity contribution in [2.24, 2.45) is 5.92 Å². The molecule has 210 valence electrons. The van der Waals surface area contributed by atoms with E-state index in [9.17, 15) is 9.59 Å². The van der Waals surface area contributed by atoms with Crippen LogP contribution in [0.5, 0.6) is 0 Å². The summed E-state index contributed by atoms with van der Waals surface area (Å²) >= 11 is 0. The molecule has 2 amide bonds. The van der Waals surface area contributed by atoms with Crippen molar-refractivity contribution < 1.29 is 9.59 Å². The zero-order valence-corrected chi connectivity index (χ0v) is 24.2. The molecule has 1 aromatic heterocycles. The normalized spacial score (nSPS) is 21.1. The highest BCUT2D eigenvalue weighted by Crippen LogP contribution is 2.20. The van der Waals surface area contributed by atoms with Gasteiger partial charge in [-0.15, -0.1) is 24.8 Å². The fraction of sp³-hybridized carbons (Fsp3) is 0.552. The first-order valence-corrected chi connectivity index (χ1v) is 13.5. The van der Waals surface area contributed by atoms with E-state index in [1.165, 1.54) is 5.56 Å². The van der Waals surface area contributed by atoms with Gasteiger partial charge in [0.1, 0.15) is 0 Å². The second-order valence-corrected chi connectivity index (χ2v) is 10.6. The van der Waals surface area contributed by atoms with Gasteiger partial charge in [-0.05, 0) is 55.8 Å². The minimum atomic E-state index is -0.196. The Hall–Kier alpha value is -2.19. The maximum atomic E-state index is 13.1. The van der Waals surface area contributed by atoms with Crippen molar-refractivity contribution in [3.63, 3.8) is 0 Å². The summed E-state index contributed by atoms with van der Waals surface area (Å²) < 4.78 is 0. The summed E-state index contributed by atoms with van der Waals surface area (Å²) in [5.74, 6) is 0.599. The molecule has 1 aromatic carbocycles. The van der Waals surface area contributed by atoms with Crippen LogP contribution in [-0.2, 0) is 16.1 Å². The summed E-state index contributed by atoms with van der Waals surface area (Å²) in [6.07, 6.45) is 6.01. The predicted molar refractivity (Wildman–Crippen MR) is 158 cm³/mol. The molecule has 3 heterocycles. The number of aromatic nitrogens is 1. The Kier molecular flexibility index (Phi) is 13.5. The van der Waals surface area contributed by atoms with Crippen LogP contribution in [0.25, 0.3) is 11.3 Å². The van der Waals surface area contributed by atoms with Gasteiger partial charge in [0.25, 0.3) is 0 Å². The van der Waals surface area contributed by atoms with Crippen LogP contribution in [0.1, 0.15) is 51.5 Å². The van der Waals surface area contributed by atoms with E-state index < -0.39 is 0 Å². The Bertz CT molecular complexity index is 990. The highest BCUT2D eigenvalue weighted by molar-refractivity contribution is 5.85. The van der Waals surface area contributed by atoms with Gasteiger partial charge in [0.05, 0.1) is 11.7 Å². The number of nitrogens with one attached hydrogen (secondary N) is 2. The first-order valence-electron chi connectivity index (χ1n) is 13.5. The van der Waals surface area contributed by atoms with Gasteiger partial charge in [-0.2, -0.15) is 0 Å². The number of hydrogen-bond acceptors (Lipinski definition) is 5.